The number of hydrogen-bond acceptors (Lipinski definition) is 10. The van der Waals surface area contributed by atoms with Gasteiger partial charge in [0.1, 0.15) is 5.92 Å². The van der Waals surface area contributed by atoms with Crippen LogP contribution in [0.5, 0.6) is 0 Å². The number of hydrogen-bond donors (Lipinski definition) is 0. The van der Waals surface area contributed by atoms with Gasteiger partial charge in [0.2, 0.25) is 5.91 Å². The lowest BCUT2D eigenvalue weighted by Gasteiger charge is -2.51. The first kappa shape index (κ1) is 33.4. The second-order valence-corrected chi connectivity index (χ2v) is 10.5. The van der Waals surface area contributed by atoms with E-state index in [1.165, 1.54) is 67.7 Å². The number of benzene rings is 3. The molecule has 4 unspecified atom stereocenters. The summed E-state index contributed by atoms with van der Waals surface area (Å²) in [5, 5.41) is 11.2. The molecule has 0 aromatic heterocycles. The van der Waals surface area contributed by atoms with Crippen LogP contribution >= 0.6 is 0 Å². The van der Waals surface area contributed by atoms with E-state index in [0.29, 0.717) is 11.1 Å². The zero-order chi connectivity index (χ0) is 33.4. The monoisotopic (exact) mass is 626 g/mol. The maximum atomic E-state index is 14.7. The van der Waals surface area contributed by atoms with Crippen molar-refractivity contribution in [2.24, 2.45) is 11.3 Å². The third-order valence-electron chi connectivity index (χ3n) is 7.99. The molecule has 0 bridgehead atoms. The lowest BCUT2D eigenvalue weighted by Crippen LogP contribution is -2.61. The van der Waals surface area contributed by atoms with Gasteiger partial charge in [-0.3, -0.25) is 14.4 Å². The Kier molecular flexibility index (Phi) is 10.5. The fraction of sp³-hybridized carbons (Fsp3) is 0.314. The van der Waals surface area contributed by atoms with E-state index in [1.54, 1.807) is 44.2 Å². The van der Waals surface area contributed by atoms with Crippen molar-refractivity contribution in [3.05, 3.63) is 107 Å². The normalized spacial score (nSPS) is 20.6. The summed E-state index contributed by atoms with van der Waals surface area (Å²) in [6, 6.07) is 21.6. The average molecular weight is 627 g/mol. The molecule has 0 spiro atoms. The molecular weight excluding hydrogens is 592 g/mol. The van der Waals surface area contributed by atoms with Gasteiger partial charge in [-0.05, 0) is 54.8 Å². The number of esters is 4. The lowest BCUT2D eigenvalue weighted by atomic mass is 9.58. The van der Waals surface area contributed by atoms with Crippen LogP contribution in [0.2, 0.25) is 0 Å². The van der Waals surface area contributed by atoms with E-state index in [1.807, 2.05) is 0 Å². The molecule has 3 aromatic rings. The van der Waals surface area contributed by atoms with Gasteiger partial charge in [-0.2, -0.15) is 5.26 Å². The van der Waals surface area contributed by atoms with Gasteiger partial charge in [-0.15, -0.1) is 0 Å². The Hall–Kier alpha value is -5.50. The Morgan fingerprint density at radius 3 is 1.78 bits per heavy atom. The summed E-state index contributed by atoms with van der Waals surface area (Å²) in [6.45, 7) is 2.94. The van der Waals surface area contributed by atoms with Crippen LogP contribution in [0.3, 0.4) is 0 Å². The summed E-state index contributed by atoms with van der Waals surface area (Å²) < 4.78 is 20.6. The molecule has 4 rings (SSSR count). The zero-order valence-corrected chi connectivity index (χ0v) is 25.9. The fourth-order valence-electron chi connectivity index (χ4n) is 5.97. The Morgan fingerprint density at radius 1 is 0.783 bits per heavy atom. The number of nitriles is 1. The molecule has 238 valence electrons. The molecule has 0 N–H and O–H groups in total. The SMILES string of the molecule is CCOC(=O)C1C(=O)N(Cc2ccccc2)C(c2ccc(C(=O)OC)cc2)C(C#N)(C(=O)OCC)C1c1ccc(C(=O)OC)cc1. The second kappa shape index (κ2) is 14.5. The molecule has 1 aliphatic heterocycles. The van der Waals surface area contributed by atoms with Crippen molar-refractivity contribution in [3.8, 4) is 6.07 Å². The van der Waals surface area contributed by atoms with Crippen molar-refractivity contribution in [3.63, 3.8) is 0 Å². The van der Waals surface area contributed by atoms with Crippen LogP contribution in [0.1, 0.15) is 63.2 Å². The molecular formula is C35H34N2O9. The molecule has 46 heavy (non-hydrogen) atoms. The topological polar surface area (TPSA) is 149 Å². The minimum Gasteiger partial charge on any atom is -0.465 e. The van der Waals surface area contributed by atoms with Crippen LogP contribution in [-0.4, -0.2) is 62.1 Å². The molecule has 0 saturated carbocycles. The van der Waals surface area contributed by atoms with Crippen LogP contribution in [0, 0.1) is 22.7 Å². The maximum Gasteiger partial charge on any atom is 0.337 e. The van der Waals surface area contributed by atoms with Crippen LogP contribution in [0.15, 0.2) is 78.9 Å². The second-order valence-electron chi connectivity index (χ2n) is 10.5. The van der Waals surface area contributed by atoms with Crippen molar-refractivity contribution in [2.45, 2.75) is 32.4 Å². The highest BCUT2D eigenvalue weighted by molar-refractivity contribution is 6.03. The largest absolute Gasteiger partial charge is 0.465 e. The van der Waals surface area contributed by atoms with Crippen molar-refractivity contribution >= 4 is 29.8 Å². The van der Waals surface area contributed by atoms with E-state index in [4.69, 9.17) is 18.9 Å². The third-order valence-corrected chi connectivity index (χ3v) is 7.99. The first-order valence-corrected chi connectivity index (χ1v) is 14.6. The Labute approximate surface area is 266 Å². The molecule has 1 aliphatic rings. The van der Waals surface area contributed by atoms with E-state index in [9.17, 15) is 29.2 Å². The predicted molar refractivity (Wildman–Crippen MR) is 163 cm³/mol. The van der Waals surface area contributed by atoms with E-state index in [0.717, 1.165) is 0 Å². The highest BCUT2D eigenvalue weighted by Gasteiger charge is 2.66. The van der Waals surface area contributed by atoms with Gasteiger partial charge in [-0.25, -0.2) is 9.59 Å². The van der Waals surface area contributed by atoms with E-state index in [-0.39, 0.29) is 36.4 Å². The third kappa shape index (κ3) is 6.19. The summed E-state index contributed by atoms with van der Waals surface area (Å²) in [4.78, 5) is 68.5. The summed E-state index contributed by atoms with van der Waals surface area (Å²) in [7, 11) is 2.47. The molecule has 1 saturated heterocycles. The van der Waals surface area contributed by atoms with Gasteiger partial charge in [0.05, 0.1) is 50.7 Å². The first-order chi connectivity index (χ1) is 22.2. The molecule has 1 amide bonds. The van der Waals surface area contributed by atoms with Gasteiger partial charge in [-0.1, -0.05) is 54.6 Å². The molecule has 4 atom stereocenters. The number of rotatable bonds is 10. The minimum atomic E-state index is -2.21. The number of ether oxygens (including phenoxy) is 4. The van der Waals surface area contributed by atoms with Gasteiger partial charge >= 0.3 is 23.9 Å². The maximum absolute atomic E-state index is 14.7. The molecule has 11 heteroatoms. The van der Waals surface area contributed by atoms with Crippen LogP contribution < -0.4 is 0 Å². The fourth-order valence-corrected chi connectivity index (χ4v) is 5.97. The quantitative estimate of drug-likeness (QED) is 0.180. The van der Waals surface area contributed by atoms with Gasteiger partial charge < -0.3 is 23.8 Å². The molecule has 1 heterocycles. The highest BCUT2D eigenvalue weighted by atomic mass is 16.5. The Bertz CT molecular complexity index is 1630. The smallest absolute Gasteiger partial charge is 0.337 e. The van der Waals surface area contributed by atoms with Crippen molar-refractivity contribution in [1.82, 2.24) is 4.90 Å². The van der Waals surface area contributed by atoms with E-state index in [2.05, 4.69) is 6.07 Å². The molecule has 11 nitrogen and oxygen atoms in total. The van der Waals surface area contributed by atoms with Crippen LogP contribution in [0.4, 0.5) is 0 Å². The number of piperidine rings is 1. The number of carbonyl (C=O) groups is 5. The molecule has 1 fully saturated rings. The summed E-state index contributed by atoms with van der Waals surface area (Å²) in [5.41, 5.74) is -0.558. The standard InChI is InChI=1S/C35H34N2O9/c1-5-45-33(41)27-28(23-12-16-25(17-13-23)31(39)43-3)35(21-36,34(42)46-6-2)29(24-14-18-26(19-15-24)32(40)44-4)37(30(27)38)20-22-10-8-7-9-11-22/h7-19,27-29H,5-6,20H2,1-4H3. The van der Waals surface area contributed by atoms with Crippen molar-refractivity contribution in [2.75, 3.05) is 27.4 Å². The number of amides is 1. The van der Waals surface area contributed by atoms with Crippen molar-refractivity contribution in [1.29, 1.82) is 5.26 Å². The Balaban J connectivity index is 2.07. The van der Waals surface area contributed by atoms with Gasteiger partial charge in [0, 0.05) is 12.5 Å². The number of carbonyl (C=O) groups excluding carboxylic acids is 5. The number of likely N-dealkylation sites (tertiary alicyclic amines) is 1. The number of methoxy groups -OCH3 is 2. The van der Waals surface area contributed by atoms with Crippen LogP contribution in [0.25, 0.3) is 0 Å². The summed E-state index contributed by atoms with van der Waals surface area (Å²) >= 11 is 0. The summed E-state index contributed by atoms with van der Waals surface area (Å²) in [5.74, 6) is -6.83. The average Bonchev–Trinajstić information content (AvgIpc) is 3.08. The predicted octanol–water partition coefficient (Wildman–Crippen LogP) is 4.38. The Morgan fingerprint density at radius 2 is 1.30 bits per heavy atom. The van der Waals surface area contributed by atoms with E-state index < -0.39 is 53.1 Å². The minimum absolute atomic E-state index is 0.0628. The van der Waals surface area contributed by atoms with Crippen molar-refractivity contribution < 1.29 is 42.9 Å². The summed E-state index contributed by atoms with van der Waals surface area (Å²) in [6.07, 6.45) is 0. The van der Waals surface area contributed by atoms with Gasteiger partial charge in [0.25, 0.3) is 0 Å². The van der Waals surface area contributed by atoms with E-state index >= 15 is 0 Å². The zero-order valence-electron chi connectivity index (χ0n) is 25.9. The lowest BCUT2D eigenvalue weighted by molar-refractivity contribution is -0.177. The van der Waals surface area contributed by atoms with Crippen LogP contribution in [-0.2, 0) is 39.9 Å². The molecule has 0 aliphatic carbocycles. The molecule has 0 radical (unpaired) electrons. The number of nitrogens with zero attached hydrogens (tertiary/aromatic N) is 2. The highest BCUT2D eigenvalue weighted by Crippen LogP contribution is 2.57. The van der Waals surface area contributed by atoms with Gasteiger partial charge in [0.15, 0.2) is 5.41 Å². The first-order valence-electron chi connectivity index (χ1n) is 14.6. The molecule has 3 aromatic carbocycles.